The number of ether oxygens (including phenoxy) is 1. The van der Waals surface area contributed by atoms with Gasteiger partial charge in [0, 0.05) is 6.54 Å². The van der Waals surface area contributed by atoms with Crippen molar-refractivity contribution in [2.75, 3.05) is 19.8 Å². The first-order chi connectivity index (χ1) is 6.70. The largest absolute Gasteiger partial charge is 0.497 e. The van der Waals surface area contributed by atoms with Gasteiger partial charge in [0.1, 0.15) is 6.10 Å². The molecule has 1 aliphatic heterocycles. The van der Waals surface area contributed by atoms with Crippen molar-refractivity contribution in [3.63, 3.8) is 0 Å². The van der Waals surface area contributed by atoms with Gasteiger partial charge in [-0.15, -0.1) is 0 Å². The minimum atomic E-state index is -0.607. The Morgan fingerprint density at radius 3 is 2.71 bits per heavy atom. The lowest BCUT2D eigenvalue weighted by Crippen LogP contribution is -2.51. The van der Waals surface area contributed by atoms with Crippen molar-refractivity contribution in [1.82, 2.24) is 5.32 Å². The van der Waals surface area contributed by atoms with E-state index in [1.54, 1.807) is 13.2 Å². The first kappa shape index (κ1) is 11.5. The van der Waals surface area contributed by atoms with E-state index in [1.807, 2.05) is 6.08 Å². The summed E-state index contributed by atoms with van der Waals surface area (Å²) in [4.78, 5) is 0. The molecular weight excluding hydrogens is 182 g/mol. The molecule has 0 saturated heterocycles. The van der Waals surface area contributed by atoms with Crippen LogP contribution >= 0.6 is 0 Å². The van der Waals surface area contributed by atoms with Crippen LogP contribution in [0.1, 0.15) is 19.8 Å². The van der Waals surface area contributed by atoms with Crippen LogP contribution in [-0.2, 0) is 4.74 Å². The van der Waals surface area contributed by atoms with Crippen molar-refractivity contribution in [3.8, 4) is 0 Å². The highest BCUT2D eigenvalue weighted by Gasteiger charge is 2.23. The lowest BCUT2D eigenvalue weighted by Gasteiger charge is -2.29. The first-order valence-corrected chi connectivity index (χ1v) is 4.97. The van der Waals surface area contributed by atoms with Gasteiger partial charge in [-0.1, -0.05) is 0 Å². The Morgan fingerprint density at radius 2 is 2.21 bits per heavy atom. The smallest absolute Gasteiger partial charge is 0.110 e. The molecule has 0 amide bonds. The van der Waals surface area contributed by atoms with Gasteiger partial charge in [0.25, 0.3) is 0 Å². The molecule has 4 nitrogen and oxygen atoms in total. The SMILES string of the molecule is CC(CO)(CO)NCC1CCC=CO1. The maximum absolute atomic E-state index is 9.04. The summed E-state index contributed by atoms with van der Waals surface area (Å²) in [5, 5.41) is 21.2. The van der Waals surface area contributed by atoms with Crippen molar-refractivity contribution >= 4 is 0 Å². The summed E-state index contributed by atoms with van der Waals surface area (Å²) in [7, 11) is 0. The summed E-state index contributed by atoms with van der Waals surface area (Å²) in [5.74, 6) is 0. The molecule has 1 heterocycles. The van der Waals surface area contributed by atoms with Crippen LogP contribution < -0.4 is 5.32 Å². The summed E-state index contributed by atoms with van der Waals surface area (Å²) in [5.41, 5.74) is -0.607. The third kappa shape index (κ3) is 3.29. The molecule has 0 bridgehead atoms. The van der Waals surface area contributed by atoms with E-state index in [0.29, 0.717) is 6.54 Å². The molecule has 1 unspecified atom stereocenters. The zero-order valence-corrected chi connectivity index (χ0v) is 8.57. The van der Waals surface area contributed by atoms with Crippen LogP contribution in [0.25, 0.3) is 0 Å². The van der Waals surface area contributed by atoms with E-state index < -0.39 is 5.54 Å². The topological polar surface area (TPSA) is 61.7 Å². The second kappa shape index (κ2) is 5.34. The van der Waals surface area contributed by atoms with E-state index in [2.05, 4.69) is 5.32 Å². The molecule has 0 saturated carbocycles. The number of aliphatic hydroxyl groups is 2. The van der Waals surface area contributed by atoms with E-state index in [4.69, 9.17) is 14.9 Å². The molecule has 0 aromatic heterocycles. The molecule has 1 atom stereocenters. The number of aliphatic hydroxyl groups excluding tert-OH is 2. The quantitative estimate of drug-likeness (QED) is 0.586. The van der Waals surface area contributed by atoms with E-state index in [-0.39, 0.29) is 19.3 Å². The number of allylic oxidation sites excluding steroid dienone is 1. The van der Waals surface area contributed by atoms with E-state index in [0.717, 1.165) is 12.8 Å². The van der Waals surface area contributed by atoms with Crippen LogP contribution in [0.4, 0.5) is 0 Å². The van der Waals surface area contributed by atoms with Crippen LogP contribution in [0.3, 0.4) is 0 Å². The fourth-order valence-corrected chi connectivity index (χ4v) is 1.26. The van der Waals surface area contributed by atoms with Gasteiger partial charge in [-0.05, 0) is 25.8 Å². The molecule has 0 fully saturated rings. The molecule has 0 aliphatic carbocycles. The second-order valence-electron chi connectivity index (χ2n) is 3.97. The summed E-state index contributed by atoms with van der Waals surface area (Å²) in [6.45, 7) is 2.28. The zero-order valence-electron chi connectivity index (χ0n) is 8.57. The van der Waals surface area contributed by atoms with Gasteiger partial charge in [0.15, 0.2) is 0 Å². The molecule has 0 spiro atoms. The zero-order chi connectivity index (χ0) is 10.4. The van der Waals surface area contributed by atoms with Crippen LogP contribution in [-0.4, -0.2) is 41.6 Å². The van der Waals surface area contributed by atoms with Crippen molar-refractivity contribution in [2.45, 2.75) is 31.4 Å². The minimum absolute atomic E-state index is 0.0773. The van der Waals surface area contributed by atoms with Gasteiger partial charge in [0.2, 0.25) is 0 Å². The number of hydrogen-bond donors (Lipinski definition) is 3. The van der Waals surface area contributed by atoms with Crippen molar-refractivity contribution in [1.29, 1.82) is 0 Å². The highest BCUT2D eigenvalue weighted by molar-refractivity contribution is 4.87. The molecule has 0 aromatic rings. The number of hydrogen-bond acceptors (Lipinski definition) is 4. The van der Waals surface area contributed by atoms with Crippen LogP contribution in [0.5, 0.6) is 0 Å². The number of nitrogens with one attached hydrogen (secondary N) is 1. The van der Waals surface area contributed by atoms with Crippen molar-refractivity contribution in [3.05, 3.63) is 12.3 Å². The lowest BCUT2D eigenvalue weighted by atomic mass is 10.0. The van der Waals surface area contributed by atoms with Gasteiger partial charge >= 0.3 is 0 Å². The minimum Gasteiger partial charge on any atom is -0.497 e. The summed E-state index contributed by atoms with van der Waals surface area (Å²) in [6.07, 6.45) is 5.87. The fraction of sp³-hybridized carbons (Fsp3) is 0.800. The van der Waals surface area contributed by atoms with Gasteiger partial charge in [-0.2, -0.15) is 0 Å². The van der Waals surface area contributed by atoms with Crippen molar-refractivity contribution in [2.24, 2.45) is 0 Å². The molecule has 1 rings (SSSR count). The molecule has 1 aliphatic rings. The Kier molecular flexibility index (Phi) is 4.38. The van der Waals surface area contributed by atoms with Gasteiger partial charge in [0.05, 0.1) is 25.0 Å². The van der Waals surface area contributed by atoms with Gasteiger partial charge < -0.3 is 20.3 Å². The maximum Gasteiger partial charge on any atom is 0.110 e. The van der Waals surface area contributed by atoms with Crippen LogP contribution in [0, 0.1) is 0 Å². The predicted octanol–water partition coefficient (Wildman–Crippen LogP) is 0.0120. The maximum atomic E-state index is 9.04. The molecule has 82 valence electrons. The highest BCUT2D eigenvalue weighted by Crippen LogP contribution is 2.10. The molecule has 4 heteroatoms. The van der Waals surface area contributed by atoms with E-state index in [1.165, 1.54) is 0 Å². The molecular formula is C10H19NO3. The molecule has 3 N–H and O–H groups in total. The first-order valence-electron chi connectivity index (χ1n) is 4.97. The van der Waals surface area contributed by atoms with Crippen LogP contribution in [0.15, 0.2) is 12.3 Å². The Hall–Kier alpha value is -0.580. The van der Waals surface area contributed by atoms with Crippen LogP contribution in [0.2, 0.25) is 0 Å². The van der Waals surface area contributed by atoms with Gasteiger partial charge in [-0.3, -0.25) is 0 Å². The van der Waals surface area contributed by atoms with Crippen molar-refractivity contribution < 1.29 is 14.9 Å². The average Bonchev–Trinajstić information content (AvgIpc) is 2.27. The lowest BCUT2D eigenvalue weighted by molar-refractivity contribution is 0.0723. The standard InChI is InChI=1S/C10H19NO3/c1-10(7-12,8-13)11-6-9-4-2-3-5-14-9/h3,5,9,11-13H,2,4,6-8H2,1H3. The average molecular weight is 201 g/mol. The monoisotopic (exact) mass is 201 g/mol. The highest BCUT2D eigenvalue weighted by atomic mass is 16.5. The Labute approximate surface area is 84.6 Å². The molecule has 14 heavy (non-hydrogen) atoms. The predicted molar refractivity (Wildman–Crippen MR) is 53.8 cm³/mol. The molecule has 0 radical (unpaired) electrons. The third-order valence-electron chi connectivity index (χ3n) is 2.48. The van der Waals surface area contributed by atoms with E-state index >= 15 is 0 Å². The number of rotatable bonds is 5. The summed E-state index contributed by atoms with van der Waals surface area (Å²) >= 11 is 0. The molecule has 0 aromatic carbocycles. The van der Waals surface area contributed by atoms with Gasteiger partial charge in [-0.25, -0.2) is 0 Å². The Bertz CT molecular complexity index is 190. The summed E-state index contributed by atoms with van der Waals surface area (Å²) in [6, 6.07) is 0. The van der Waals surface area contributed by atoms with E-state index in [9.17, 15) is 0 Å². The second-order valence-corrected chi connectivity index (χ2v) is 3.97. The summed E-state index contributed by atoms with van der Waals surface area (Å²) < 4.78 is 5.36. The fourth-order valence-electron chi connectivity index (χ4n) is 1.26. The Balaban J connectivity index is 2.27. The normalized spacial score (nSPS) is 22.1. The Morgan fingerprint density at radius 1 is 1.50 bits per heavy atom. The third-order valence-corrected chi connectivity index (χ3v) is 2.48.